The third-order valence-corrected chi connectivity index (χ3v) is 2.49. The van der Waals surface area contributed by atoms with E-state index in [4.69, 9.17) is 0 Å². The second-order valence-corrected chi connectivity index (χ2v) is 3.75. The molecular weight excluding hydrogens is 230 g/mol. The molecule has 92 valence electrons. The first-order valence-corrected chi connectivity index (χ1v) is 5.57. The molecule has 0 saturated carbocycles. The lowest BCUT2D eigenvalue weighted by molar-refractivity contribution is 0.0951. The number of nitrogens with zero attached hydrogens (tertiary/aromatic N) is 2. The summed E-state index contributed by atoms with van der Waals surface area (Å²) in [5.74, 6) is -0.414. The minimum absolute atomic E-state index is 0.112. The molecule has 2 aromatic rings. The molecule has 5 nitrogen and oxygen atoms in total. The number of carbonyl (C=O) groups excluding carboxylic acids is 1. The molecule has 0 atom stereocenters. The third kappa shape index (κ3) is 3.04. The molecule has 0 spiro atoms. The molecule has 0 aromatic carbocycles. The van der Waals surface area contributed by atoms with Gasteiger partial charge < -0.3 is 10.4 Å². The number of aromatic hydroxyl groups is 1. The molecule has 0 aliphatic carbocycles. The van der Waals surface area contributed by atoms with E-state index in [2.05, 4.69) is 15.3 Å². The van der Waals surface area contributed by atoms with Crippen LogP contribution in [0, 0.1) is 0 Å². The number of nitrogens with one attached hydrogen (secondary N) is 1. The monoisotopic (exact) mass is 243 g/mol. The van der Waals surface area contributed by atoms with Crippen molar-refractivity contribution >= 4 is 5.91 Å². The highest BCUT2D eigenvalue weighted by Crippen LogP contribution is 2.13. The van der Waals surface area contributed by atoms with Gasteiger partial charge >= 0.3 is 0 Å². The van der Waals surface area contributed by atoms with Gasteiger partial charge in [-0.25, -0.2) is 0 Å². The van der Waals surface area contributed by atoms with Gasteiger partial charge in [-0.1, -0.05) is 0 Å². The Labute approximate surface area is 105 Å². The second-order valence-electron chi connectivity index (χ2n) is 3.75. The molecule has 0 aliphatic rings. The van der Waals surface area contributed by atoms with Gasteiger partial charge in [0.25, 0.3) is 5.91 Å². The third-order valence-electron chi connectivity index (χ3n) is 2.49. The van der Waals surface area contributed by atoms with Gasteiger partial charge in [-0.3, -0.25) is 14.8 Å². The zero-order chi connectivity index (χ0) is 12.8. The summed E-state index contributed by atoms with van der Waals surface area (Å²) >= 11 is 0. The number of hydrogen-bond acceptors (Lipinski definition) is 4. The maximum atomic E-state index is 11.7. The highest BCUT2D eigenvalue weighted by atomic mass is 16.3. The molecule has 0 aliphatic heterocycles. The van der Waals surface area contributed by atoms with E-state index in [-0.39, 0.29) is 17.2 Å². The van der Waals surface area contributed by atoms with Gasteiger partial charge in [0, 0.05) is 25.1 Å². The van der Waals surface area contributed by atoms with Crippen LogP contribution >= 0.6 is 0 Å². The van der Waals surface area contributed by atoms with Gasteiger partial charge in [0.05, 0.1) is 11.8 Å². The van der Waals surface area contributed by atoms with Gasteiger partial charge in [-0.05, 0) is 30.2 Å². The Morgan fingerprint density at radius 2 is 1.89 bits per heavy atom. The standard InChI is InChI=1S/C13H13N3O2/c17-12-9-15-7-4-11(12)13(18)16-8-3-10-1-5-14-6-2-10/h1-2,4-7,9,17H,3,8H2,(H,16,18). The van der Waals surface area contributed by atoms with E-state index in [0.717, 1.165) is 12.0 Å². The predicted molar refractivity (Wildman–Crippen MR) is 66.2 cm³/mol. The molecule has 2 aromatic heterocycles. The summed E-state index contributed by atoms with van der Waals surface area (Å²) < 4.78 is 0. The van der Waals surface area contributed by atoms with E-state index >= 15 is 0 Å². The fourth-order valence-electron chi connectivity index (χ4n) is 1.54. The molecule has 0 bridgehead atoms. The topological polar surface area (TPSA) is 75.1 Å². The van der Waals surface area contributed by atoms with Gasteiger partial charge in [0.15, 0.2) is 0 Å². The number of carbonyl (C=O) groups is 1. The molecule has 0 saturated heterocycles. The van der Waals surface area contributed by atoms with Gasteiger partial charge in [-0.2, -0.15) is 0 Å². The Balaban J connectivity index is 1.88. The Kier molecular flexibility index (Phi) is 3.86. The lowest BCUT2D eigenvalue weighted by Gasteiger charge is -2.06. The van der Waals surface area contributed by atoms with Crippen molar-refractivity contribution in [1.29, 1.82) is 0 Å². The van der Waals surface area contributed by atoms with Crippen LogP contribution in [0.3, 0.4) is 0 Å². The van der Waals surface area contributed by atoms with E-state index in [1.807, 2.05) is 12.1 Å². The largest absolute Gasteiger partial charge is 0.505 e. The van der Waals surface area contributed by atoms with Crippen molar-refractivity contribution in [3.63, 3.8) is 0 Å². The molecule has 2 rings (SSSR count). The van der Waals surface area contributed by atoms with Crippen molar-refractivity contribution in [3.8, 4) is 5.75 Å². The van der Waals surface area contributed by atoms with E-state index in [1.54, 1.807) is 12.4 Å². The van der Waals surface area contributed by atoms with Crippen LogP contribution in [0.25, 0.3) is 0 Å². The summed E-state index contributed by atoms with van der Waals surface area (Å²) in [6.07, 6.45) is 6.87. The quantitative estimate of drug-likeness (QED) is 0.844. The molecule has 0 radical (unpaired) electrons. The fourth-order valence-corrected chi connectivity index (χ4v) is 1.54. The summed E-state index contributed by atoms with van der Waals surface area (Å²) in [5, 5.41) is 12.2. The van der Waals surface area contributed by atoms with Crippen molar-refractivity contribution in [2.24, 2.45) is 0 Å². The maximum absolute atomic E-state index is 11.7. The van der Waals surface area contributed by atoms with Gasteiger partial charge in [-0.15, -0.1) is 0 Å². The highest BCUT2D eigenvalue weighted by molar-refractivity contribution is 5.96. The van der Waals surface area contributed by atoms with Crippen molar-refractivity contribution < 1.29 is 9.90 Å². The number of pyridine rings is 2. The molecule has 0 fully saturated rings. The Morgan fingerprint density at radius 1 is 1.17 bits per heavy atom. The Hall–Kier alpha value is -2.43. The van der Waals surface area contributed by atoms with E-state index in [9.17, 15) is 9.90 Å². The van der Waals surface area contributed by atoms with E-state index < -0.39 is 0 Å². The Bertz CT molecular complexity index is 529. The van der Waals surface area contributed by atoms with Crippen LogP contribution in [0.5, 0.6) is 5.75 Å². The lowest BCUT2D eigenvalue weighted by Crippen LogP contribution is -2.25. The summed E-state index contributed by atoms with van der Waals surface area (Å²) in [6.45, 7) is 0.505. The average Bonchev–Trinajstić information content (AvgIpc) is 2.40. The number of rotatable bonds is 4. The minimum atomic E-state index is -0.302. The van der Waals surface area contributed by atoms with Crippen molar-refractivity contribution in [3.05, 3.63) is 54.1 Å². The average molecular weight is 243 g/mol. The van der Waals surface area contributed by atoms with Crippen LogP contribution in [-0.2, 0) is 6.42 Å². The summed E-state index contributed by atoms with van der Waals surface area (Å²) in [4.78, 5) is 19.4. The number of hydrogen-bond donors (Lipinski definition) is 2. The highest BCUT2D eigenvalue weighted by Gasteiger charge is 2.09. The molecule has 2 N–H and O–H groups in total. The first-order valence-electron chi connectivity index (χ1n) is 5.57. The zero-order valence-electron chi connectivity index (χ0n) is 9.71. The summed E-state index contributed by atoms with van der Waals surface area (Å²) in [5.41, 5.74) is 1.34. The van der Waals surface area contributed by atoms with E-state index in [0.29, 0.717) is 6.54 Å². The van der Waals surface area contributed by atoms with Gasteiger partial charge in [0.1, 0.15) is 5.75 Å². The molecule has 0 unspecified atom stereocenters. The second kappa shape index (κ2) is 5.77. The SMILES string of the molecule is O=C(NCCc1ccncc1)c1ccncc1O. The van der Waals surface area contributed by atoms with Crippen molar-refractivity contribution in [2.75, 3.05) is 6.54 Å². The number of amides is 1. The molecular formula is C13H13N3O2. The van der Waals surface area contributed by atoms with Crippen LogP contribution < -0.4 is 5.32 Å². The van der Waals surface area contributed by atoms with E-state index in [1.165, 1.54) is 18.5 Å². The molecule has 2 heterocycles. The first kappa shape index (κ1) is 12.0. The summed E-state index contributed by atoms with van der Waals surface area (Å²) in [7, 11) is 0. The number of aromatic nitrogens is 2. The Morgan fingerprint density at radius 3 is 2.61 bits per heavy atom. The van der Waals surface area contributed by atoms with Crippen LogP contribution in [0.4, 0.5) is 0 Å². The summed E-state index contributed by atoms with van der Waals surface area (Å²) in [6, 6.07) is 5.28. The van der Waals surface area contributed by atoms with Crippen LogP contribution in [0.2, 0.25) is 0 Å². The minimum Gasteiger partial charge on any atom is -0.505 e. The smallest absolute Gasteiger partial charge is 0.255 e. The van der Waals surface area contributed by atoms with Crippen LogP contribution in [0.15, 0.2) is 43.0 Å². The molecule has 5 heteroatoms. The zero-order valence-corrected chi connectivity index (χ0v) is 9.71. The predicted octanol–water partition coefficient (Wildman–Crippen LogP) is 1.15. The molecule has 1 amide bonds. The normalized spacial score (nSPS) is 10.0. The first-order chi connectivity index (χ1) is 8.77. The van der Waals surface area contributed by atoms with Crippen molar-refractivity contribution in [1.82, 2.24) is 15.3 Å². The van der Waals surface area contributed by atoms with Gasteiger partial charge in [0.2, 0.25) is 0 Å². The fraction of sp³-hybridized carbons (Fsp3) is 0.154. The van der Waals surface area contributed by atoms with Crippen molar-refractivity contribution in [2.45, 2.75) is 6.42 Å². The lowest BCUT2D eigenvalue weighted by atomic mass is 10.2. The van der Waals surface area contributed by atoms with Crippen LogP contribution in [0.1, 0.15) is 15.9 Å². The molecule has 18 heavy (non-hydrogen) atoms. The maximum Gasteiger partial charge on any atom is 0.255 e. The van der Waals surface area contributed by atoms with Crippen LogP contribution in [-0.4, -0.2) is 27.5 Å².